The third-order valence-electron chi connectivity index (χ3n) is 6.04. The highest BCUT2D eigenvalue weighted by atomic mass is 16.2. The molecule has 0 bridgehead atoms. The standard InChI is InChI=1S/C24H27N5O2/c1-16-20(17(2)29(26-16)19-10-6-5-7-11-19)14-27(4)18(3)24(31)28-15-23(30)25-21-12-8-9-13-22(21)28/h5-13,18H,14-15H2,1-4H3,(H,25,30)/p+1/t18-/m1/s1. The van der Waals surface area contributed by atoms with Crippen molar-refractivity contribution in [3.63, 3.8) is 0 Å². The Labute approximate surface area is 182 Å². The molecule has 1 unspecified atom stereocenters. The molecule has 2 N–H and O–H groups in total. The Morgan fingerprint density at radius 1 is 1.13 bits per heavy atom. The molecule has 0 saturated heterocycles. The molecule has 0 spiro atoms. The van der Waals surface area contributed by atoms with Crippen LogP contribution in [0.1, 0.15) is 23.9 Å². The molecule has 0 aliphatic carbocycles. The van der Waals surface area contributed by atoms with E-state index in [1.54, 1.807) is 4.90 Å². The molecule has 160 valence electrons. The summed E-state index contributed by atoms with van der Waals surface area (Å²) in [5, 5.41) is 7.56. The first-order chi connectivity index (χ1) is 14.9. The summed E-state index contributed by atoms with van der Waals surface area (Å²) in [6.07, 6.45) is 0. The summed E-state index contributed by atoms with van der Waals surface area (Å²) in [5.41, 5.74) is 5.61. The Morgan fingerprint density at radius 3 is 2.55 bits per heavy atom. The molecule has 2 amide bonds. The van der Waals surface area contributed by atoms with Gasteiger partial charge in [0.1, 0.15) is 13.1 Å². The zero-order valence-electron chi connectivity index (χ0n) is 18.3. The van der Waals surface area contributed by atoms with Gasteiger partial charge in [-0.25, -0.2) is 4.68 Å². The first-order valence-electron chi connectivity index (χ1n) is 10.5. The molecule has 7 nitrogen and oxygen atoms in total. The molecule has 2 heterocycles. The molecule has 0 radical (unpaired) electrons. The quantitative estimate of drug-likeness (QED) is 0.665. The lowest BCUT2D eigenvalue weighted by molar-refractivity contribution is -0.908. The molecule has 1 aliphatic heterocycles. The van der Waals surface area contributed by atoms with Crippen molar-refractivity contribution in [3.8, 4) is 5.69 Å². The highest BCUT2D eigenvalue weighted by Crippen LogP contribution is 2.29. The maximum atomic E-state index is 13.3. The lowest BCUT2D eigenvalue weighted by Crippen LogP contribution is -3.12. The van der Waals surface area contributed by atoms with Crippen LogP contribution in [0.15, 0.2) is 54.6 Å². The minimum absolute atomic E-state index is 0.0391. The zero-order chi connectivity index (χ0) is 22.1. The molecule has 1 aliphatic rings. The smallest absolute Gasteiger partial charge is 0.285 e. The van der Waals surface area contributed by atoms with Gasteiger partial charge in [-0.05, 0) is 45.0 Å². The molecule has 31 heavy (non-hydrogen) atoms. The summed E-state index contributed by atoms with van der Waals surface area (Å²) in [6.45, 7) is 6.69. The molecular weight excluding hydrogens is 390 g/mol. The van der Waals surface area contributed by atoms with Crippen LogP contribution in [0.4, 0.5) is 11.4 Å². The van der Waals surface area contributed by atoms with Crippen molar-refractivity contribution in [1.82, 2.24) is 9.78 Å². The van der Waals surface area contributed by atoms with Crippen LogP contribution in [0.3, 0.4) is 0 Å². The first-order valence-corrected chi connectivity index (χ1v) is 10.5. The van der Waals surface area contributed by atoms with Gasteiger partial charge in [0.25, 0.3) is 5.91 Å². The van der Waals surface area contributed by atoms with Crippen LogP contribution in [0.25, 0.3) is 5.69 Å². The number of hydrogen-bond donors (Lipinski definition) is 2. The lowest BCUT2D eigenvalue weighted by atomic mass is 10.1. The van der Waals surface area contributed by atoms with Crippen molar-refractivity contribution >= 4 is 23.2 Å². The van der Waals surface area contributed by atoms with Gasteiger partial charge in [-0.3, -0.25) is 14.5 Å². The highest BCUT2D eigenvalue weighted by Gasteiger charge is 2.33. The Hall–Kier alpha value is -3.45. The van der Waals surface area contributed by atoms with Crippen molar-refractivity contribution in [2.45, 2.75) is 33.4 Å². The maximum absolute atomic E-state index is 13.3. The molecule has 0 saturated carbocycles. The third kappa shape index (κ3) is 3.96. The van der Waals surface area contributed by atoms with Crippen molar-refractivity contribution < 1.29 is 14.5 Å². The number of rotatable bonds is 5. The lowest BCUT2D eigenvalue weighted by Gasteiger charge is -2.32. The van der Waals surface area contributed by atoms with Crippen molar-refractivity contribution in [3.05, 3.63) is 71.5 Å². The molecular formula is C24H28N5O2+. The van der Waals surface area contributed by atoms with Gasteiger partial charge in [-0.2, -0.15) is 5.10 Å². The molecule has 3 aromatic rings. The van der Waals surface area contributed by atoms with Gasteiger partial charge in [-0.1, -0.05) is 30.3 Å². The van der Waals surface area contributed by atoms with Crippen LogP contribution < -0.4 is 15.1 Å². The molecule has 2 aromatic carbocycles. The summed E-state index contributed by atoms with van der Waals surface area (Å²) in [7, 11) is 2.01. The minimum Gasteiger partial charge on any atom is -0.324 e. The van der Waals surface area contributed by atoms with Crippen LogP contribution >= 0.6 is 0 Å². The van der Waals surface area contributed by atoms with Gasteiger partial charge in [0, 0.05) is 0 Å². The average molecular weight is 419 g/mol. The number of fused-ring (bicyclic) bond motifs is 1. The van der Waals surface area contributed by atoms with Gasteiger partial charge in [0.2, 0.25) is 5.91 Å². The Bertz CT molecular complexity index is 1120. The summed E-state index contributed by atoms with van der Waals surface area (Å²) < 4.78 is 1.95. The number of quaternary nitrogens is 1. The van der Waals surface area contributed by atoms with E-state index in [0.717, 1.165) is 33.2 Å². The van der Waals surface area contributed by atoms with E-state index in [9.17, 15) is 9.59 Å². The van der Waals surface area contributed by atoms with Crippen LogP contribution in [0, 0.1) is 13.8 Å². The fraction of sp³-hybridized carbons (Fsp3) is 0.292. The monoisotopic (exact) mass is 418 g/mol. The summed E-state index contributed by atoms with van der Waals surface area (Å²) in [5.74, 6) is -0.238. The fourth-order valence-electron chi connectivity index (χ4n) is 4.06. The number of para-hydroxylation sites is 3. The van der Waals surface area contributed by atoms with Gasteiger partial charge in [-0.15, -0.1) is 0 Å². The molecule has 0 fully saturated rings. The van der Waals surface area contributed by atoms with E-state index < -0.39 is 0 Å². The molecule has 4 rings (SSSR count). The van der Waals surface area contributed by atoms with Crippen molar-refractivity contribution in [2.75, 3.05) is 23.8 Å². The van der Waals surface area contributed by atoms with Crippen molar-refractivity contribution in [1.29, 1.82) is 0 Å². The highest BCUT2D eigenvalue weighted by molar-refractivity contribution is 6.10. The average Bonchev–Trinajstić information content (AvgIpc) is 3.06. The number of aromatic nitrogens is 2. The molecule has 1 aromatic heterocycles. The van der Waals surface area contributed by atoms with E-state index in [1.165, 1.54) is 0 Å². The molecule has 2 atom stereocenters. The number of benzene rings is 2. The molecule has 7 heteroatoms. The van der Waals surface area contributed by atoms with E-state index in [4.69, 9.17) is 5.10 Å². The topological polar surface area (TPSA) is 71.7 Å². The predicted octanol–water partition coefficient (Wildman–Crippen LogP) is 1.88. The Kier molecular flexibility index (Phi) is 5.61. The van der Waals surface area contributed by atoms with Crippen LogP contribution in [0.2, 0.25) is 0 Å². The third-order valence-corrected chi connectivity index (χ3v) is 6.04. The van der Waals surface area contributed by atoms with Crippen LogP contribution in [-0.4, -0.2) is 41.2 Å². The number of nitrogens with zero attached hydrogens (tertiary/aromatic N) is 3. The number of carbonyl (C=O) groups is 2. The van der Waals surface area contributed by atoms with Gasteiger partial charge in [0.05, 0.1) is 41.1 Å². The second kappa shape index (κ2) is 8.35. The first kappa shape index (κ1) is 20.8. The van der Waals surface area contributed by atoms with E-state index >= 15 is 0 Å². The van der Waals surface area contributed by atoms with Gasteiger partial charge >= 0.3 is 0 Å². The second-order valence-electron chi connectivity index (χ2n) is 8.13. The number of hydrogen-bond acceptors (Lipinski definition) is 3. The van der Waals surface area contributed by atoms with Gasteiger partial charge in [0.15, 0.2) is 6.04 Å². The van der Waals surface area contributed by atoms with Crippen LogP contribution in [0.5, 0.6) is 0 Å². The Balaban J connectivity index is 1.55. The SMILES string of the molecule is Cc1nn(-c2ccccc2)c(C)c1C[NH+](C)[C@H](C)C(=O)N1CC(=O)Nc2ccccc21. The zero-order valence-corrected chi connectivity index (χ0v) is 18.3. The number of nitrogens with one attached hydrogen (secondary N) is 2. The largest absolute Gasteiger partial charge is 0.324 e. The Morgan fingerprint density at radius 2 is 1.81 bits per heavy atom. The normalized spacial score (nSPS) is 15.2. The van der Waals surface area contributed by atoms with Crippen LogP contribution in [-0.2, 0) is 16.1 Å². The number of carbonyl (C=O) groups excluding carboxylic acids is 2. The van der Waals surface area contributed by atoms with Crippen molar-refractivity contribution in [2.24, 2.45) is 0 Å². The van der Waals surface area contributed by atoms with E-state index in [-0.39, 0.29) is 24.4 Å². The summed E-state index contributed by atoms with van der Waals surface area (Å²) >= 11 is 0. The van der Waals surface area contributed by atoms with E-state index in [0.29, 0.717) is 12.2 Å². The number of amides is 2. The summed E-state index contributed by atoms with van der Waals surface area (Å²) in [6, 6.07) is 17.1. The fourth-order valence-corrected chi connectivity index (χ4v) is 4.06. The number of likely N-dealkylation sites (N-methyl/N-ethyl adjacent to an activating group) is 1. The van der Waals surface area contributed by atoms with Gasteiger partial charge < -0.3 is 10.2 Å². The second-order valence-corrected chi connectivity index (χ2v) is 8.13. The van der Waals surface area contributed by atoms with E-state index in [1.807, 2.05) is 80.2 Å². The predicted molar refractivity (Wildman–Crippen MR) is 121 cm³/mol. The number of aryl methyl sites for hydroxylation is 1. The minimum atomic E-state index is -0.321. The number of anilines is 2. The van der Waals surface area contributed by atoms with E-state index in [2.05, 4.69) is 12.2 Å². The maximum Gasteiger partial charge on any atom is 0.285 e. The summed E-state index contributed by atoms with van der Waals surface area (Å²) in [4.78, 5) is 28.1.